The minimum atomic E-state index is -1.41. The van der Waals surface area contributed by atoms with Crippen LogP contribution in [0.25, 0.3) is 0 Å². The lowest BCUT2D eigenvalue weighted by Crippen LogP contribution is -2.31. The predicted molar refractivity (Wildman–Crippen MR) is 157 cm³/mol. The van der Waals surface area contributed by atoms with Crippen molar-refractivity contribution in [3.05, 3.63) is 86.4 Å². The Bertz CT molecular complexity index is 1560. The lowest BCUT2D eigenvalue weighted by Gasteiger charge is -2.20. The first-order chi connectivity index (χ1) is 19.3. The van der Waals surface area contributed by atoms with Gasteiger partial charge in [-0.1, -0.05) is 40.9 Å². The topological polar surface area (TPSA) is 87.7 Å². The van der Waals surface area contributed by atoms with Crippen molar-refractivity contribution >= 4 is 92.8 Å². The van der Waals surface area contributed by atoms with Crippen LogP contribution < -0.4 is 15.5 Å². The molecule has 0 spiro atoms. The van der Waals surface area contributed by atoms with Gasteiger partial charge in [-0.25, -0.2) is 8.78 Å². The van der Waals surface area contributed by atoms with Crippen LogP contribution in [0.3, 0.4) is 0 Å². The standard InChI is InChI=1S/C27H20Cl5F2N3O4/c1-37(20(38)11-41-2)24-18(33)7-8-19(23(24)34)36-25(39)14-10-13(4-6-15(14)28)35-26(40)22-21(27(22,31)32)12-3-5-16(29)17(30)9-12/h3-10,21-22H,11H2,1-2H3,(H,35,40)(H,36,39)/t21-,22?/m0/s1. The number of amides is 3. The molecule has 2 atom stereocenters. The maximum Gasteiger partial charge on any atom is 0.257 e. The van der Waals surface area contributed by atoms with Gasteiger partial charge in [-0.05, 0) is 48.0 Å². The zero-order valence-electron chi connectivity index (χ0n) is 21.2. The number of carbonyl (C=O) groups excluding carboxylic acids is 3. The molecule has 41 heavy (non-hydrogen) atoms. The molecule has 3 aromatic carbocycles. The monoisotopic (exact) mass is 663 g/mol. The minimum absolute atomic E-state index is 0.0141. The number of carbonyl (C=O) groups is 3. The number of hydrogen-bond acceptors (Lipinski definition) is 4. The number of alkyl halides is 2. The summed E-state index contributed by atoms with van der Waals surface area (Å²) in [5.74, 6) is -5.73. The van der Waals surface area contributed by atoms with Crippen molar-refractivity contribution in [2.75, 3.05) is 36.3 Å². The van der Waals surface area contributed by atoms with Gasteiger partial charge in [-0.15, -0.1) is 23.2 Å². The average Bonchev–Trinajstić information content (AvgIpc) is 3.50. The van der Waals surface area contributed by atoms with Gasteiger partial charge in [-0.3, -0.25) is 14.4 Å². The molecule has 0 bridgehead atoms. The zero-order chi connectivity index (χ0) is 30.2. The van der Waals surface area contributed by atoms with E-state index in [4.69, 9.17) is 62.7 Å². The number of hydrogen-bond donors (Lipinski definition) is 2. The molecule has 0 heterocycles. The molecule has 7 nitrogen and oxygen atoms in total. The van der Waals surface area contributed by atoms with Gasteiger partial charge >= 0.3 is 0 Å². The Morgan fingerprint density at radius 3 is 2.29 bits per heavy atom. The van der Waals surface area contributed by atoms with Gasteiger partial charge in [0.1, 0.15) is 22.4 Å². The second kappa shape index (κ2) is 12.3. The number of likely N-dealkylation sites (N-methyl/N-ethyl adjacent to an activating group) is 1. The fourth-order valence-electron chi connectivity index (χ4n) is 4.25. The summed E-state index contributed by atoms with van der Waals surface area (Å²) in [6, 6.07) is 10.8. The lowest BCUT2D eigenvalue weighted by molar-refractivity contribution is -0.122. The highest BCUT2D eigenvalue weighted by atomic mass is 35.5. The van der Waals surface area contributed by atoms with E-state index in [0.717, 1.165) is 17.0 Å². The van der Waals surface area contributed by atoms with Crippen LogP contribution in [0.4, 0.5) is 25.8 Å². The molecule has 1 fully saturated rings. The molecule has 0 radical (unpaired) electrons. The molecule has 1 saturated carbocycles. The van der Waals surface area contributed by atoms with Gasteiger partial charge in [-0.2, -0.15) is 0 Å². The Kier molecular flexibility index (Phi) is 9.38. The molecule has 0 aliphatic heterocycles. The number of rotatable bonds is 8. The van der Waals surface area contributed by atoms with Gasteiger partial charge in [0, 0.05) is 25.8 Å². The van der Waals surface area contributed by atoms with E-state index in [1.807, 2.05) is 0 Å². The minimum Gasteiger partial charge on any atom is -0.375 e. The Morgan fingerprint density at radius 1 is 0.951 bits per heavy atom. The third-order valence-corrected chi connectivity index (χ3v) is 8.42. The van der Waals surface area contributed by atoms with Gasteiger partial charge in [0.05, 0.1) is 32.2 Å². The SMILES string of the molecule is COCC(=O)N(C)c1c(F)ccc(NC(=O)c2cc(NC(=O)C3[C@H](c4ccc(Cl)c(Cl)c4)C3(Cl)Cl)ccc2Cl)c1F. The third-order valence-electron chi connectivity index (χ3n) is 6.41. The van der Waals surface area contributed by atoms with Crippen molar-refractivity contribution in [3.8, 4) is 0 Å². The van der Waals surface area contributed by atoms with Crippen LogP contribution in [0, 0.1) is 17.6 Å². The first-order valence-corrected chi connectivity index (χ1v) is 13.6. The summed E-state index contributed by atoms with van der Waals surface area (Å²) in [6.07, 6.45) is 0. The summed E-state index contributed by atoms with van der Waals surface area (Å²) in [4.78, 5) is 38.9. The summed E-state index contributed by atoms with van der Waals surface area (Å²) < 4.78 is 32.9. The first kappa shape index (κ1) is 31.3. The smallest absolute Gasteiger partial charge is 0.257 e. The zero-order valence-corrected chi connectivity index (χ0v) is 25.0. The summed E-state index contributed by atoms with van der Waals surface area (Å²) in [7, 11) is 2.43. The first-order valence-electron chi connectivity index (χ1n) is 11.8. The lowest BCUT2D eigenvalue weighted by atomic mass is 10.1. The molecule has 4 rings (SSSR count). The summed E-state index contributed by atoms with van der Waals surface area (Å²) in [6.45, 7) is -0.413. The molecular weight excluding hydrogens is 646 g/mol. The van der Waals surface area contributed by atoms with Crippen LogP contribution in [0.2, 0.25) is 15.1 Å². The van der Waals surface area contributed by atoms with Crippen LogP contribution >= 0.6 is 58.0 Å². The van der Waals surface area contributed by atoms with Crippen molar-refractivity contribution in [1.29, 1.82) is 0 Å². The molecule has 216 valence electrons. The van der Waals surface area contributed by atoms with Crippen molar-refractivity contribution in [2.45, 2.75) is 10.3 Å². The highest BCUT2D eigenvalue weighted by molar-refractivity contribution is 6.53. The van der Waals surface area contributed by atoms with Crippen molar-refractivity contribution < 1.29 is 27.9 Å². The van der Waals surface area contributed by atoms with E-state index in [2.05, 4.69) is 10.6 Å². The Hall–Kier alpha value is -2.66. The summed E-state index contributed by atoms with van der Waals surface area (Å²) in [5, 5.41) is 5.57. The number of ether oxygens (including phenoxy) is 1. The van der Waals surface area contributed by atoms with E-state index >= 15 is 4.39 Å². The molecule has 3 amide bonds. The highest BCUT2D eigenvalue weighted by Gasteiger charge is 2.67. The normalized spacial score (nSPS) is 17.1. The van der Waals surface area contributed by atoms with Crippen LogP contribution in [-0.2, 0) is 14.3 Å². The van der Waals surface area contributed by atoms with E-state index in [0.29, 0.717) is 10.6 Å². The Balaban J connectivity index is 1.52. The molecule has 0 aromatic heterocycles. The number of nitrogens with zero attached hydrogens (tertiary/aromatic N) is 1. The van der Waals surface area contributed by atoms with Crippen LogP contribution in [0.5, 0.6) is 0 Å². The van der Waals surface area contributed by atoms with E-state index in [9.17, 15) is 18.8 Å². The number of anilines is 3. The molecule has 0 saturated heterocycles. The van der Waals surface area contributed by atoms with Gasteiger partial charge in [0.2, 0.25) is 5.91 Å². The van der Waals surface area contributed by atoms with E-state index in [1.54, 1.807) is 18.2 Å². The van der Waals surface area contributed by atoms with E-state index in [1.165, 1.54) is 32.4 Å². The van der Waals surface area contributed by atoms with Crippen LogP contribution in [-0.4, -0.2) is 42.8 Å². The largest absolute Gasteiger partial charge is 0.375 e. The van der Waals surface area contributed by atoms with Crippen molar-refractivity contribution in [3.63, 3.8) is 0 Å². The molecule has 2 N–H and O–H groups in total. The maximum atomic E-state index is 15.2. The molecule has 14 heteroatoms. The Labute approximate surface area is 258 Å². The summed E-state index contributed by atoms with van der Waals surface area (Å²) >= 11 is 31.1. The van der Waals surface area contributed by atoms with Crippen LogP contribution in [0.15, 0.2) is 48.5 Å². The molecule has 1 unspecified atom stereocenters. The number of nitrogens with one attached hydrogen (secondary N) is 2. The van der Waals surface area contributed by atoms with Gasteiger partial charge < -0.3 is 20.3 Å². The summed E-state index contributed by atoms with van der Waals surface area (Å²) in [5.41, 5.74) is -0.415. The highest BCUT2D eigenvalue weighted by Crippen LogP contribution is 2.65. The number of halogens is 7. The number of methoxy groups -OCH3 is 1. The molecular formula is C27H20Cl5F2N3O4. The predicted octanol–water partition coefficient (Wildman–Crippen LogP) is 7.31. The second-order valence-electron chi connectivity index (χ2n) is 9.08. The molecule has 3 aromatic rings. The number of benzene rings is 3. The van der Waals surface area contributed by atoms with Crippen molar-refractivity contribution in [1.82, 2.24) is 0 Å². The van der Waals surface area contributed by atoms with E-state index < -0.39 is 63.5 Å². The quantitative estimate of drug-likeness (QED) is 0.247. The van der Waals surface area contributed by atoms with Gasteiger partial charge in [0.15, 0.2) is 5.82 Å². The average molecular weight is 666 g/mol. The molecule has 1 aliphatic rings. The van der Waals surface area contributed by atoms with Crippen molar-refractivity contribution in [2.24, 2.45) is 5.92 Å². The Morgan fingerprint density at radius 2 is 1.63 bits per heavy atom. The third kappa shape index (κ3) is 6.40. The maximum absolute atomic E-state index is 15.2. The molecule has 1 aliphatic carbocycles. The fourth-order valence-corrected chi connectivity index (χ4v) is 5.59. The fraction of sp³-hybridized carbons (Fsp3) is 0.222. The van der Waals surface area contributed by atoms with E-state index in [-0.39, 0.29) is 21.3 Å². The van der Waals surface area contributed by atoms with Crippen LogP contribution in [0.1, 0.15) is 21.8 Å². The van der Waals surface area contributed by atoms with Gasteiger partial charge in [0.25, 0.3) is 11.8 Å². The second-order valence-corrected chi connectivity index (χ2v) is 11.8.